The van der Waals surface area contributed by atoms with E-state index in [-0.39, 0.29) is 11.8 Å². The van der Waals surface area contributed by atoms with Crippen molar-refractivity contribution in [3.8, 4) is 0 Å². The first-order valence-corrected chi connectivity index (χ1v) is 7.74. The predicted molar refractivity (Wildman–Crippen MR) is 83.7 cm³/mol. The summed E-state index contributed by atoms with van der Waals surface area (Å²) in [6.45, 7) is 2.76. The van der Waals surface area contributed by atoms with Gasteiger partial charge in [0.15, 0.2) is 0 Å². The summed E-state index contributed by atoms with van der Waals surface area (Å²) >= 11 is 0. The molecule has 0 saturated heterocycles. The maximum atomic E-state index is 12.7. The minimum Gasteiger partial charge on any atom is -0.330 e. The second-order valence-corrected chi connectivity index (χ2v) is 5.80. The van der Waals surface area contributed by atoms with Crippen molar-refractivity contribution in [1.82, 2.24) is 0 Å². The molecule has 0 aromatic heterocycles. The lowest BCUT2D eigenvalue weighted by Gasteiger charge is -2.32. The summed E-state index contributed by atoms with van der Waals surface area (Å²) < 4.78 is 0. The van der Waals surface area contributed by atoms with E-state index >= 15 is 0 Å². The third-order valence-corrected chi connectivity index (χ3v) is 4.59. The van der Waals surface area contributed by atoms with Gasteiger partial charge in [0.25, 0.3) is 0 Å². The van der Waals surface area contributed by atoms with Crippen LogP contribution in [0.4, 0.5) is 5.69 Å². The number of amides is 1. The van der Waals surface area contributed by atoms with Crippen LogP contribution in [0.25, 0.3) is 0 Å². The topological polar surface area (TPSA) is 46.3 Å². The van der Waals surface area contributed by atoms with Gasteiger partial charge in [-0.3, -0.25) is 4.79 Å². The molecule has 0 heterocycles. The third-order valence-electron chi connectivity index (χ3n) is 4.59. The molecule has 1 aromatic rings. The number of hydrogen-bond acceptors (Lipinski definition) is 2. The Morgan fingerprint density at radius 1 is 1.25 bits per heavy atom. The van der Waals surface area contributed by atoms with E-state index in [9.17, 15) is 4.79 Å². The molecular formula is C17H26N2O. The van der Waals surface area contributed by atoms with E-state index in [1.54, 1.807) is 4.90 Å². The average molecular weight is 274 g/mol. The number of nitrogens with two attached hydrogens (primary N) is 1. The van der Waals surface area contributed by atoms with Crippen LogP contribution in [0.1, 0.15) is 38.2 Å². The van der Waals surface area contributed by atoms with E-state index in [0.29, 0.717) is 12.5 Å². The Morgan fingerprint density at radius 2 is 1.90 bits per heavy atom. The van der Waals surface area contributed by atoms with Crippen LogP contribution in [0.5, 0.6) is 0 Å². The Morgan fingerprint density at radius 3 is 2.50 bits per heavy atom. The van der Waals surface area contributed by atoms with Crippen molar-refractivity contribution in [2.24, 2.45) is 17.6 Å². The molecule has 1 fully saturated rings. The molecular weight excluding hydrogens is 248 g/mol. The van der Waals surface area contributed by atoms with Gasteiger partial charge in [-0.2, -0.15) is 0 Å². The zero-order valence-corrected chi connectivity index (χ0v) is 12.6. The Labute approximate surface area is 122 Å². The maximum Gasteiger partial charge on any atom is 0.230 e. The number of carbonyl (C=O) groups excluding carboxylic acids is 1. The molecule has 1 amide bonds. The fourth-order valence-electron chi connectivity index (χ4n) is 3.15. The normalized spacial score (nSPS) is 22.6. The molecule has 2 unspecified atom stereocenters. The van der Waals surface area contributed by atoms with Crippen LogP contribution in [0.2, 0.25) is 0 Å². The highest BCUT2D eigenvalue weighted by Gasteiger charge is 2.32. The standard InChI is InChI=1S/C17H26N2O/c1-3-13-8-10-15(11-9-13)19(2)17(20)16-7-5-4-6-14(16)12-18/h8-11,14,16H,3-7,12,18H2,1-2H3. The summed E-state index contributed by atoms with van der Waals surface area (Å²) in [4.78, 5) is 14.5. The molecule has 1 aliphatic carbocycles. The largest absolute Gasteiger partial charge is 0.330 e. The van der Waals surface area contributed by atoms with E-state index in [1.807, 2.05) is 19.2 Å². The summed E-state index contributed by atoms with van der Waals surface area (Å²) in [5.74, 6) is 0.683. The lowest BCUT2D eigenvalue weighted by atomic mass is 9.78. The summed E-state index contributed by atoms with van der Waals surface area (Å²) in [6, 6.07) is 8.27. The number of carbonyl (C=O) groups is 1. The predicted octanol–water partition coefficient (Wildman–Crippen LogP) is 2.98. The van der Waals surface area contributed by atoms with Gasteiger partial charge in [0.2, 0.25) is 5.91 Å². The second-order valence-electron chi connectivity index (χ2n) is 5.80. The van der Waals surface area contributed by atoms with Gasteiger partial charge in [0.1, 0.15) is 0 Å². The molecule has 2 rings (SSSR count). The first-order valence-electron chi connectivity index (χ1n) is 7.74. The van der Waals surface area contributed by atoms with Crippen molar-refractivity contribution in [2.75, 3.05) is 18.5 Å². The third kappa shape index (κ3) is 3.21. The highest BCUT2D eigenvalue weighted by Crippen LogP contribution is 2.31. The first-order chi connectivity index (χ1) is 9.67. The van der Waals surface area contributed by atoms with E-state index < -0.39 is 0 Å². The molecule has 1 aliphatic rings. The van der Waals surface area contributed by atoms with Crippen LogP contribution in [-0.4, -0.2) is 19.5 Å². The van der Waals surface area contributed by atoms with Crippen LogP contribution >= 0.6 is 0 Å². The molecule has 0 bridgehead atoms. The molecule has 110 valence electrons. The van der Waals surface area contributed by atoms with Crippen LogP contribution in [0.3, 0.4) is 0 Å². The molecule has 0 spiro atoms. The molecule has 0 radical (unpaired) electrons. The van der Waals surface area contributed by atoms with E-state index in [2.05, 4.69) is 19.1 Å². The lowest BCUT2D eigenvalue weighted by molar-refractivity contribution is -0.124. The Balaban J connectivity index is 2.10. The van der Waals surface area contributed by atoms with E-state index in [0.717, 1.165) is 31.4 Å². The average Bonchev–Trinajstić information content (AvgIpc) is 2.53. The first kappa shape index (κ1) is 15.0. The van der Waals surface area contributed by atoms with E-state index in [1.165, 1.54) is 12.0 Å². The monoisotopic (exact) mass is 274 g/mol. The molecule has 2 N–H and O–H groups in total. The van der Waals surface area contributed by atoms with Gasteiger partial charge < -0.3 is 10.6 Å². The highest BCUT2D eigenvalue weighted by atomic mass is 16.2. The molecule has 3 heteroatoms. The maximum absolute atomic E-state index is 12.7. The number of rotatable bonds is 4. The molecule has 1 aromatic carbocycles. The molecule has 1 saturated carbocycles. The van der Waals surface area contributed by atoms with Crippen LogP contribution in [0, 0.1) is 11.8 Å². The summed E-state index contributed by atoms with van der Waals surface area (Å²) in [5, 5.41) is 0. The minimum atomic E-state index is 0.101. The van der Waals surface area contributed by atoms with Crippen molar-refractivity contribution in [3.05, 3.63) is 29.8 Å². The zero-order chi connectivity index (χ0) is 14.5. The van der Waals surface area contributed by atoms with Crippen molar-refractivity contribution in [2.45, 2.75) is 39.0 Å². The van der Waals surface area contributed by atoms with Gasteiger partial charge in [-0.1, -0.05) is 31.9 Å². The zero-order valence-electron chi connectivity index (χ0n) is 12.6. The number of aryl methyl sites for hydroxylation is 1. The number of benzene rings is 1. The minimum absolute atomic E-state index is 0.101. The molecule has 3 nitrogen and oxygen atoms in total. The Hall–Kier alpha value is -1.35. The molecule has 2 atom stereocenters. The van der Waals surface area contributed by atoms with Gasteiger partial charge in [0, 0.05) is 18.7 Å². The van der Waals surface area contributed by atoms with Crippen molar-refractivity contribution < 1.29 is 4.79 Å². The van der Waals surface area contributed by atoms with Gasteiger partial charge in [-0.05, 0) is 49.4 Å². The second kappa shape index (κ2) is 6.89. The SMILES string of the molecule is CCc1ccc(N(C)C(=O)C2CCCCC2CN)cc1. The summed E-state index contributed by atoms with van der Waals surface area (Å²) in [5.41, 5.74) is 8.12. The van der Waals surface area contributed by atoms with Gasteiger partial charge in [0.05, 0.1) is 0 Å². The lowest BCUT2D eigenvalue weighted by Crippen LogP contribution is -2.40. The number of anilines is 1. The Kier molecular flexibility index (Phi) is 5.18. The summed E-state index contributed by atoms with van der Waals surface area (Å²) in [7, 11) is 1.88. The highest BCUT2D eigenvalue weighted by molar-refractivity contribution is 5.94. The molecule has 0 aliphatic heterocycles. The van der Waals surface area contributed by atoms with Crippen LogP contribution in [0.15, 0.2) is 24.3 Å². The van der Waals surface area contributed by atoms with Crippen LogP contribution in [-0.2, 0) is 11.2 Å². The van der Waals surface area contributed by atoms with Crippen LogP contribution < -0.4 is 10.6 Å². The summed E-state index contributed by atoms with van der Waals surface area (Å²) in [6.07, 6.45) is 5.46. The van der Waals surface area contributed by atoms with Gasteiger partial charge in [-0.25, -0.2) is 0 Å². The van der Waals surface area contributed by atoms with Crippen molar-refractivity contribution >= 4 is 11.6 Å². The molecule has 20 heavy (non-hydrogen) atoms. The van der Waals surface area contributed by atoms with Crippen molar-refractivity contribution in [1.29, 1.82) is 0 Å². The smallest absolute Gasteiger partial charge is 0.230 e. The fraction of sp³-hybridized carbons (Fsp3) is 0.588. The fourth-order valence-corrected chi connectivity index (χ4v) is 3.15. The number of nitrogens with zero attached hydrogens (tertiary/aromatic N) is 1. The van der Waals surface area contributed by atoms with Gasteiger partial charge in [-0.15, -0.1) is 0 Å². The van der Waals surface area contributed by atoms with E-state index in [4.69, 9.17) is 5.73 Å². The number of hydrogen-bond donors (Lipinski definition) is 1. The van der Waals surface area contributed by atoms with Crippen molar-refractivity contribution in [3.63, 3.8) is 0 Å². The Bertz CT molecular complexity index is 441. The van der Waals surface area contributed by atoms with Gasteiger partial charge >= 0.3 is 0 Å². The quantitative estimate of drug-likeness (QED) is 0.917.